The quantitative estimate of drug-likeness (QED) is 0.584. The van der Waals surface area contributed by atoms with E-state index in [9.17, 15) is 35.0 Å². The first-order valence-corrected chi connectivity index (χ1v) is 8.78. The van der Waals surface area contributed by atoms with E-state index in [2.05, 4.69) is 9.97 Å². The zero-order valence-corrected chi connectivity index (χ0v) is 15.9. The van der Waals surface area contributed by atoms with E-state index < -0.39 is 35.2 Å². The lowest BCUT2D eigenvalue weighted by Crippen LogP contribution is -2.51. The fourth-order valence-electron chi connectivity index (χ4n) is 3.52. The van der Waals surface area contributed by atoms with Crippen molar-refractivity contribution in [2.75, 3.05) is 0 Å². The molecule has 9 nitrogen and oxygen atoms in total. The first-order chi connectivity index (χ1) is 14.3. The summed E-state index contributed by atoms with van der Waals surface area (Å²) in [5.41, 5.74) is -2.70. The molecular weight excluding hydrogens is 390 g/mol. The average Bonchev–Trinajstić information content (AvgIpc) is 3.32. The molecule has 0 fully saturated rings. The van der Waals surface area contributed by atoms with Gasteiger partial charge < -0.3 is 20.3 Å². The van der Waals surface area contributed by atoms with Gasteiger partial charge in [-0.15, -0.1) is 0 Å². The standard InChI is InChI=1S/C18H15NO6.C3H4N2/c1-10(9-19)14-12(15(20)21)7-8-13(16(22)23)18(14,17(24)25)11-5-3-2-4-6-11;1-2-5-3-4-1/h2-8,10,13H,1H3,(H,20,21)(H,22,23)(H,24,25);1-3H,(H,4,5). The zero-order chi connectivity index (χ0) is 22.3. The molecule has 0 saturated heterocycles. The largest absolute Gasteiger partial charge is 0.481 e. The van der Waals surface area contributed by atoms with Crippen LogP contribution in [0.5, 0.6) is 0 Å². The third kappa shape index (κ3) is 3.98. The number of aromatic amines is 1. The average molecular weight is 409 g/mol. The van der Waals surface area contributed by atoms with Gasteiger partial charge in [0.25, 0.3) is 0 Å². The molecule has 0 bridgehead atoms. The Balaban J connectivity index is 0.000000558. The number of aliphatic carboxylic acids is 3. The van der Waals surface area contributed by atoms with Gasteiger partial charge >= 0.3 is 17.9 Å². The van der Waals surface area contributed by atoms with Crippen LogP contribution >= 0.6 is 0 Å². The summed E-state index contributed by atoms with van der Waals surface area (Å²) in [5, 5.41) is 38.5. The minimum Gasteiger partial charge on any atom is -0.481 e. The fraction of sp³-hybridized carbons (Fsp3) is 0.190. The Labute approximate surface area is 171 Å². The lowest BCUT2D eigenvalue weighted by atomic mass is 9.59. The molecule has 0 radical (unpaired) electrons. The van der Waals surface area contributed by atoms with Crippen molar-refractivity contribution in [3.8, 4) is 6.07 Å². The number of benzene rings is 1. The van der Waals surface area contributed by atoms with Gasteiger partial charge in [0.15, 0.2) is 0 Å². The summed E-state index contributed by atoms with van der Waals surface area (Å²) in [4.78, 5) is 42.2. The monoisotopic (exact) mass is 409 g/mol. The predicted molar refractivity (Wildman–Crippen MR) is 104 cm³/mol. The van der Waals surface area contributed by atoms with Crippen molar-refractivity contribution in [1.29, 1.82) is 5.26 Å². The van der Waals surface area contributed by atoms with Gasteiger partial charge in [-0.1, -0.05) is 42.5 Å². The van der Waals surface area contributed by atoms with Crippen molar-refractivity contribution >= 4 is 17.9 Å². The highest BCUT2D eigenvalue weighted by Crippen LogP contribution is 2.48. The number of imidazole rings is 1. The SMILES string of the molecule is CC(C#N)C1=C(C(=O)O)C=CC(C(=O)O)C1(C(=O)O)c1ccccc1.c1c[nH]cn1. The zero-order valence-electron chi connectivity index (χ0n) is 15.9. The summed E-state index contributed by atoms with van der Waals surface area (Å²) in [6, 6.07) is 9.39. The van der Waals surface area contributed by atoms with Gasteiger partial charge in [0.1, 0.15) is 5.41 Å². The van der Waals surface area contributed by atoms with Crippen molar-refractivity contribution in [3.63, 3.8) is 0 Å². The Morgan fingerprint density at radius 1 is 1.20 bits per heavy atom. The number of aromatic nitrogens is 2. The molecule has 0 amide bonds. The normalized spacial score (nSPS) is 21.0. The Kier molecular flexibility index (Phi) is 6.88. The fourth-order valence-corrected chi connectivity index (χ4v) is 3.52. The molecule has 1 heterocycles. The van der Waals surface area contributed by atoms with Gasteiger partial charge in [0.05, 0.1) is 29.8 Å². The summed E-state index contributed by atoms with van der Waals surface area (Å²) in [6.45, 7) is 1.36. The smallest absolute Gasteiger partial charge is 0.335 e. The van der Waals surface area contributed by atoms with Crippen LogP contribution in [0.4, 0.5) is 0 Å². The third-order valence-corrected chi connectivity index (χ3v) is 4.73. The molecule has 9 heteroatoms. The number of nitrogens with zero attached hydrogens (tertiary/aromatic N) is 2. The van der Waals surface area contributed by atoms with E-state index in [4.69, 9.17) is 0 Å². The van der Waals surface area contributed by atoms with Crippen molar-refractivity contribution in [1.82, 2.24) is 9.97 Å². The molecule has 3 rings (SSSR count). The highest BCUT2D eigenvalue weighted by molar-refractivity contribution is 6.00. The summed E-state index contributed by atoms with van der Waals surface area (Å²) in [7, 11) is 0. The van der Waals surface area contributed by atoms with Gasteiger partial charge in [-0.05, 0) is 18.1 Å². The first-order valence-electron chi connectivity index (χ1n) is 8.78. The second-order valence-corrected chi connectivity index (χ2v) is 6.40. The van der Waals surface area contributed by atoms with Crippen LogP contribution in [0.2, 0.25) is 0 Å². The van der Waals surface area contributed by atoms with E-state index in [0.717, 1.165) is 12.2 Å². The van der Waals surface area contributed by atoms with Crippen LogP contribution in [-0.4, -0.2) is 43.2 Å². The molecule has 3 atom stereocenters. The summed E-state index contributed by atoms with van der Waals surface area (Å²) in [5.74, 6) is -7.03. The number of carboxylic acid groups (broad SMARTS) is 3. The van der Waals surface area contributed by atoms with E-state index >= 15 is 0 Å². The summed E-state index contributed by atoms with van der Waals surface area (Å²) >= 11 is 0. The number of nitrogens with one attached hydrogen (secondary N) is 1. The van der Waals surface area contributed by atoms with Crippen LogP contribution in [0.15, 0.2) is 72.4 Å². The number of carbonyl (C=O) groups is 3. The highest BCUT2D eigenvalue weighted by atomic mass is 16.4. The van der Waals surface area contributed by atoms with Gasteiger partial charge in [0.2, 0.25) is 0 Å². The van der Waals surface area contributed by atoms with Gasteiger partial charge in [-0.25, -0.2) is 9.78 Å². The maximum Gasteiger partial charge on any atom is 0.335 e. The molecule has 1 aromatic heterocycles. The van der Waals surface area contributed by atoms with Crippen LogP contribution in [0.1, 0.15) is 12.5 Å². The minimum absolute atomic E-state index is 0.107. The molecule has 3 unspecified atom stereocenters. The Morgan fingerprint density at radius 2 is 1.87 bits per heavy atom. The van der Waals surface area contributed by atoms with Crippen molar-refractivity contribution in [2.24, 2.45) is 11.8 Å². The van der Waals surface area contributed by atoms with Crippen molar-refractivity contribution < 1.29 is 29.7 Å². The van der Waals surface area contributed by atoms with E-state index in [1.807, 2.05) is 6.07 Å². The van der Waals surface area contributed by atoms with Crippen LogP contribution in [0.25, 0.3) is 0 Å². The topological polar surface area (TPSA) is 164 Å². The lowest BCUT2D eigenvalue weighted by molar-refractivity contribution is -0.153. The summed E-state index contributed by atoms with van der Waals surface area (Å²) in [6.07, 6.45) is 7.20. The first kappa shape index (κ1) is 22.1. The number of nitriles is 1. The predicted octanol–water partition coefficient (Wildman–Crippen LogP) is 2.23. The Hall–Kier alpha value is -4.19. The molecule has 1 aliphatic rings. The number of carboxylic acids is 3. The number of H-pyrrole nitrogens is 1. The molecular formula is C21H19N3O6. The molecule has 0 saturated carbocycles. The maximum atomic E-state index is 12.4. The molecule has 1 aliphatic carbocycles. The number of rotatable bonds is 5. The lowest BCUT2D eigenvalue weighted by Gasteiger charge is -2.40. The summed E-state index contributed by atoms with van der Waals surface area (Å²) < 4.78 is 0. The van der Waals surface area contributed by atoms with Crippen LogP contribution in [0.3, 0.4) is 0 Å². The third-order valence-electron chi connectivity index (χ3n) is 4.73. The number of hydrogen-bond donors (Lipinski definition) is 4. The second-order valence-electron chi connectivity index (χ2n) is 6.40. The van der Waals surface area contributed by atoms with Crippen molar-refractivity contribution in [3.05, 3.63) is 77.9 Å². The van der Waals surface area contributed by atoms with Crippen molar-refractivity contribution in [2.45, 2.75) is 12.3 Å². The molecule has 4 N–H and O–H groups in total. The molecule has 30 heavy (non-hydrogen) atoms. The van der Waals surface area contributed by atoms with Crippen LogP contribution in [-0.2, 0) is 19.8 Å². The van der Waals surface area contributed by atoms with E-state index in [1.165, 1.54) is 31.2 Å². The minimum atomic E-state index is -2.19. The van der Waals surface area contributed by atoms with E-state index in [-0.39, 0.29) is 16.7 Å². The van der Waals surface area contributed by atoms with Crippen LogP contribution in [0, 0.1) is 23.2 Å². The van der Waals surface area contributed by atoms with E-state index in [0.29, 0.717) is 0 Å². The van der Waals surface area contributed by atoms with E-state index in [1.54, 1.807) is 24.8 Å². The van der Waals surface area contributed by atoms with Gasteiger partial charge in [-0.2, -0.15) is 5.26 Å². The van der Waals surface area contributed by atoms with Gasteiger partial charge in [-0.3, -0.25) is 9.59 Å². The molecule has 1 aromatic carbocycles. The Bertz CT molecular complexity index is 1000. The number of hydrogen-bond acceptors (Lipinski definition) is 5. The Morgan fingerprint density at radius 3 is 2.27 bits per heavy atom. The van der Waals surface area contributed by atoms with Gasteiger partial charge in [0, 0.05) is 12.4 Å². The second kappa shape index (κ2) is 9.34. The molecule has 154 valence electrons. The molecule has 2 aromatic rings. The van der Waals surface area contributed by atoms with Crippen LogP contribution < -0.4 is 0 Å². The highest BCUT2D eigenvalue weighted by Gasteiger charge is 2.56. The molecule has 0 aliphatic heterocycles. The maximum absolute atomic E-state index is 12.4. The molecule has 0 spiro atoms.